The Bertz CT molecular complexity index is 1140. The topological polar surface area (TPSA) is 67.2 Å². The molecule has 1 amide bonds. The minimum Gasteiger partial charge on any atom is -0.353 e. The molecule has 31 heavy (non-hydrogen) atoms. The molecule has 1 saturated heterocycles. The zero-order valence-electron chi connectivity index (χ0n) is 17.2. The molecule has 3 heterocycles. The summed E-state index contributed by atoms with van der Waals surface area (Å²) in [5, 5.41) is 5.07. The Morgan fingerprint density at radius 3 is 2.48 bits per heavy atom. The lowest BCUT2D eigenvalue weighted by molar-refractivity contribution is -0.126. The monoisotopic (exact) mass is 440 g/mol. The third kappa shape index (κ3) is 3.96. The van der Waals surface area contributed by atoms with E-state index < -0.39 is 0 Å². The first-order chi connectivity index (χ1) is 15.1. The van der Waals surface area contributed by atoms with Crippen LogP contribution >= 0.6 is 11.3 Å². The number of nitrogens with zero attached hydrogens (tertiary/aromatic N) is 3. The van der Waals surface area contributed by atoms with Gasteiger partial charge in [-0.25, -0.2) is 13.9 Å². The van der Waals surface area contributed by atoms with Crippen LogP contribution in [0.15, 0.2) is 40.5 Å². The number of carbonyl (C=O) groups excluding carboxylic acids is 1. The molecule has 2 fully saturated rings. The third-order valence-electron chi connectivity index (χ3n) is 6.40. The Kier molecular flexibility index (Phi) is 5.48. The summed E-state index contributed by atoms with van der Waals surface area (Å²) in [6.07, 6.45) is 6.00. The number of carbonyl (C=O) groups is 1. The van der Waals surface area contributed by atoms with Gasteiger partial charge in [0.2, 0.25) is 11.9 Å². The van der Waals surface area contributed by atoms with Crippen LogP contribution < -0.4 is 15.8 Å². The maximum Gasteiger partial charge on any atom is 0.277 e. The lowest BCUT2D eigenvalue weighted by Gasteiger charge is -2.33. The lowest BCUT2D eigenvalue weighted by atomic mass is 9.95. The standard InChI is InChI=1S/C23H25FN4O2S/c24-16-5-7-18(8-6-16)28-22(30)20-19(11-14-31-20)26-23(28)27-12-9-15(10-13-27)21(29)25-17-3-1-2-4-17/h5-8,11,14-15,17H,1-4,9-10,12-13H2,(H,25,29). The van der Waals surface area contributed by atoms with Crippen molar-refractivity contribution in [2.24, 2.45) is 5.92 Å². The molecule has 0 unspecified atom stereocenters. The highest BCUT2D eigenvalue weighted by molar-refractivity contribution is 7.17. The fraction of sp³-hybridized carbons (Fsp3) is 0.435. The second-order valence-corrected chi connectivity index (χ2v) is 9.33. The molecular formula is C23H25FN4O2S. The van der Waals surface area contributed by atoms with E-state index in [0.29, 0.717) is 41.0 Å². The second kappa shape index (κ2) is 8.42. The molecule has 5 rings (SSSR count). The van der Waals surface area contributed by atoms with Crippen molar-refractivity contribution in [2.75, 3.05) is 18.0 Å². The zero-order chi connectivity index (χ0) is 21.4. The van der Waals surface area contributed by atoms with Crippen LogP contribution in [0, 0.1) is 11.7 Å². The van der Waals surface area contributed by atoms with Gasteiger partial charge in [0.1, 0.15) is 10.5 Å². The average Bonchev–Trinajstić information content (AvgIpc) is 3.47. The van der Waals surface area contributed by atoms with Crippen molar-refractivity contribution in [1.82, 2.24) is 14.9 Å². The summed E-state index contributed by atoms with van der Waals surface area (Å²) >= 11 is 1.36. The number of aromatic nitrogens is 2. The van der Waals surface area contributed by atoms with Gasteiger partial charge in [-0.3, -0.25) is 9.59 Å². The summed E-state index contributed by atoms with van der Waals surface area (Å²) in [6.45, 7) is 1.29. The number of thiophene rings is 1. The molecule has 1 N–H and O–H groups in total. The SMILES string of the molecule is O=C(NC1CCCC1)C1CCN(c2nc3ccsc3c(=O)n2-c2ccc(F)cc2)CC1. The van der Waals surface area contributed by atoms with Gasteiger partial charge in [-0.15, -0.1) is 11.3 Å². The van der Waals surface area contributed by atoms with Crippen LogP contribution in [-0.4, -0.2) is 34.6 Å². The molecule has 1 saturated carbocycles. The van der Waals surface area contributed by atoms with Crippen molar-refractivity contribution >= 4 is 33.4 Å². The number of rotatable bonds is 4. The van der Waals surface area contributed by atoms with E-state index in [2.05, 4.69) is 10.2 Å². The first kappa shape index (κ1) is 20.2. The smallest absolute Gasteiger partial charge is 0.277 e. The van der Waals surface area contributed by atoms with E-state index in [1.54, 1.807) is 16.7 Å². The van der Waals surface area contributed by atoms with Crippen LogP contribution in [0.4, 0.5) is 10.3 Å². The van der Waals surface area contributed by atoms with Crippen molar-refractivity contribution in [3.05, 3.63) is 51.9 Å². The summed E-state index contributed by atoms with van der Waals surface area (Å²) in [7, 11) is 0. The van der Waals surface area contributed by atoms with E-state index in [0.717, 1.165) is 25.7 Å². The summed E-state index contributed by atoms with van der Waals surface area (Å²) in [5.74, 6) is 0.353. The first-order valence-corrected chi connectivity index (χ1v) is 11.8. The molecule has 8 heteroatoms. The number of hydrogen-bond donors (Lipinski definition) is 1. The molecule has 1 aromatic carbocycles. The van der Waals surface area contributed by atoms with Gasteiger partial charge in [0, 0.05) is 25.0 Å². The van der Waals surface area contributed by atoms with Crippen molar-refractivity contribution in [3.8, 4) is 5.69 Å². The Labute approximate surface area is 183 Å². The molecule has 162 valence electrons. The number of anilines is 1. The molecule has 0 spiro atoms. The highest BCUT2D eigenvalue weighted by Crippen LogP contribution is 2.27. The number of hydrogen-bond acceptors (Lipinski definition) is 5. The molecule has 0 radical (unpaired) electrons. The molecule has 0 bridgehead atoms. The number of fused-ring (bicyclic) bond motifs is 1. The summed E-state index contributed by atoms with van der Waals surface area (Å²) in [4.78, 5) is 32.8. The predicted octanol–water partition coefficient (Wildman–Crippen LogP) is 3.86. The predicted molar refractivity (Wildman–Crippen MR) is 121 cm³/mol. The molecule has 6 nitrogen and oxygen atoms in total. The van der Waals surface area contributed by atoms with Gasteiger partial charge in [-0.2, -0.15) is 0 Å². The molecule has 3 aromatic rings. The van der Waals surface area contributed by atoms with E-state index >= 15 is 0 Å². The van der Waals surface area contributed by atoms with Crippen molar-refractivity contribution in [3.63, 3.8) is 0 Å². The number of piperidine rings is 1. The summed E-state index contributed by atoms with van der Waals surface area (Å²) in [5.41, 5.74) is 1.11. The largest absolute Gasteiger partial charge is 0.353 e. The van der Waals surface area contributed by atoms with E-state index in [1.165, 1.54) is 36.3 Å². The highest BCUT2D eigenvalue weighted by Gasteiger charge is 2.29. The Morgan fingerprint density at radius 1 is 1.06 bits per heavy atom. The minimum atomic E-state index is -0.349. The number of benzene rings is 1. The lowest BCUT2D eigenvalue weighted by Crippen LogP contribution is -2.44. The Hall–Kier alpha value is -2.74. The molecule has 0 atom stereocenters. The molecule has 1 aliphatic carbocycles. The van der Waals surface area contributed by atoms with E-state index in [-0.39, 0.29) is 23.2 Å². The molecule has 2 aromatic heterocycles. The maximum atomic E-state index is 13.5. The van der Waals surface area contributed by atoms with Gasteiger partial charge >= 0.3 is 0 Å². The number of amides is 1. The normalized spacial score (nSPS) is 18.0. The van der Waals surface area contributed by atoms with Crippen molar-refractivity contribution in [1.29, 1.82) is 0 Å². The fourth-order valence-electron chi connectivity index (χ4n) is 4.67. The van der Waals surface area contributed by atoms with E-state index in [4.69, 9.17) is 4.98 Å². The van der Waals surface area contributed by atoms with Crippen LogP contribution in [0.2, 0.25) is 0 Å². The molecule has 2 aliphatic rings. The average molecular weight is 441 g/mol. The maximum absolute atomic E-state index is 13.5. The molecule has 1 aliphatic heterocycles. The number of halogens is 1. The fourth-order valence-corrected chi connectivity index (χ4v) is 5.43. The van der Waals surface area contributed by atoms with Crippen LogP contribution in [0.5, 0.6) is 0 Å². The Balaban J connectivity index is 1.41. The molecular weight excluding hydrogens is 415 g/mol. The summed E-state index contributed by atoms with van der Waals surface area (Å²) < 4.78 is 15.6. The van der Waals surface area contributed by atoms with Crippen LogP contribution in [0.25, 0.3) is 15.9 Å². The third-order valence-corrected chi connectivity index (χ3v) is 7.29. The number of nitrogens with one attached hydrogen (secondary N) is 1. The van der Waals surface area contributed by atoms with Gasteiger partial charge in [0.05, 0.1) is 11.2 Å². The first-order valence-electron chi connectivity index (χ1n) is 10.9. The van der Waals surface area contributed by atoms with Gasteiger partial charge in [0.15, 0.2) is 0 Å². The van der Waals surface area contributed by atoms with Crippen molar-refractivity contribution < 1.29 is 9.18 Å². The van der Waals surface area contributed by atoms with Crippen molar-refractivity contribution in [2.45, 2.75) is 44.6 Å². The van der Waals surface area contributed by atoms with Crippen LogP contribution in [0.3, 0.4) is 0 Å². The van der Waals surface area contributed by atoms with E-state index in [9.17, 15) is 14.0 Å². The van der Waals surface area contributed by atoms with E-state index in [1.807, 2.05) is 11.4 Å². The van der Waals surface area contributed by atoms with Gasteiger partial charge < -0.3 is 10.2 Å². The quantitative estimate of drug-likeness (QED) is 0.669. The van der Waals surface area contributed by atoms with Gasteiger partial charge in [-0.05, 0) is 61.4 Å². The second-order valence-electron chi connectivity index (χ2n) is 8.42. The Morgan fingerprint density at radius 2 is 1.77 bits per heavy atom. The zero-order valence-corrected chi connectivity index (χ0v) is 18.0. The van der Waals surface area contributed by atoms with Crippen LogP contribution in [0.1, 0.15) is 38.5 Å². The highest BCUT2D eigenvalue weighted by atomic mass is 32.1. The minimum absolute atomic E-state index is 0.00674. The summed E-state index contributed by atoms with van der Waals surface area (Å²) in [6, 6.07) is 8.08. The van der Waals surface area contributed by atoms with Crippen LogP contribution in [-0.2, 0) is 4.79 Å². The van der Waals surface area contributed by atoms with Gasteiger partial charge in [-0.1, -0.05) is 12.8 Å². The van der Waals surface area contributed by atoms with Gasteiger partial charge in [0.25, 0.3) is 5.56 Å².